The fourth-order valence-electron chi connectivity index (χ4n) is 3.54. The largest absolute Gasteiger partial charge is 0.440 e. The maximum Gasteiger partial charge on any atom is 0.201 e. The van der Waals surface area contributed by atoms with Crippen molar-refractivity contribution in [1.82, 2.24) is 4.98 Å². The number of benzene rings is 2. The Morgan fingerprint density at radius 1 is 1.00 bits per heavy atom. The predicted octanol–water partition coefficient (Wildman–Crippen LogP) is 5.65. The number of rotatable bonds is 11. The molecule has 0 fully saturated rings. The van der Waals surface area contributed by atoms with Crippen LogP contribution in [0.25, 0.3) is 22.6 Å². The smallest absolute Gasteiger partial charge is 0.201 e. The van der Waals surface area contributed by atoms with Crippen molar-refractivity contribution >= 4 is 0 Å². The van der Waals surface area contributed by atoms with Crippen molar-refractivity contribution in [3.05, 3.63) is 66.6 Å². The first-order valence-corrected chi connectivity index (χ1v) is 10.6. The minimum atomic E-state index is -0.752. The molecule has 0 radical (unpaired) electrons. The number of ether oxygens (including phenoxy) is 2. The summed E-state index contributed by atoms with van der Waals surface area (Å²) in [5, 5.41) is 11.0. The van der Waals surface area contributed by atoms with Crippen LogP contribution in [0.4, 0.5) is 0 Å². The quantitative estimate of drug-likeness (QED) is 0.415. The summed E-state index contributed by atoms with van der Waals surface area (Å²) in [5.74, 6) is 0.995. The Balaban J connectivity index is 2.02. The molecular formula is C25H31NO4. The van der Waals surface area contributed by atoms with Crippen LogP contribution in [0.5, 0.6) is 0 Å². The van der Waals surface area contributed by atoms with E-state index in [9.17, 15) is 5.11 Å². The molecule has 2 aromatic carbocycles. The van der Waals surface area contributed by atoms with Crippen molar-refractivity contribution < 1.29 is 19.0 Å². The number of hydrogen-bond donors (Lipinski definition) is 1. The first-order valence-electron chi connectivity index (χ1n) is 10.6. The third-order valence-electron chi connectivity index (χ3n) is 5.25. The van der Waals surface area contributed by atoms with Crippen LogP contribution in [0.1, 0.15) is 44.9 Å². The summed E-state index contributed by atoms with van der Waals surface area (Å²) in [7, 11) is 1.57. The van der Waals surface area contributed by atoms with E-state index < -0.39 is 12.2 Å². The highest BCUT2D eigenvalue weighted by atomic mass is 16.7. The van der Waals surface area contributed by atoms with Gasteiger partial charge in [0.1, 0.15) is 12.5 Å². The van der Waals surface area contributed by atoms with E-state index in [1.807, 2.05) is 67.6 Å². The summed E-state index contributed by atoms with van der Waals surface area (Å²) in [4.78, 5) is 4.88. The third kappa shape index (κ3) is 5.36. The fourth-order valence-corrected chi connectivity index (χ4v) is 3.54. The lowest BCUT2D eigenvalue weighted by atomic mass is 9.92. The minimum absolute atomic E-state index is 0.134. The molecule has 0 aliphatic rings. The summed E-state index contributed by atoms with van der Waals surface area (Å²) >= 11 is 0. The molecule has 0 aliphatic heterocycles. The Morgan fingerprint density at radius 3 is 2.23 bits per heavy atom. The first kappa shape index (κ1) is 22.2. The third-order valence-corrected chi connectivity index (χ3v) is 5.25. The van der Waals surface area contributed by atoms with Gasteiger partial charge in [0.05, 0.1) is 18.1 Å². The second kappa shape index (κ2) is 11.1. The molecule has 3 aromatic rings. The average molecular weight is 410 g/mol. The van der Waals surface area contributed by atoms with Gasteiger partial charge in [-0.2, -0.15) is 0 Å². The number of hydrogen-bond acceptors (Lipinski definition) is 5. The topological polar surface area (TPSA) is 64.7 Å². The van der Waals surface area contributed by atoms with Gasteiger partial charge in [-0.1, -0.05) is 80.4 Å². The molecule has 0 spiro atoms. The molecule has 0 bridgehead atoms. The summed E-state index contributed by atoms with van der Waals surface area (Å²) in [6.45, 7) is 4.12. The summed E-state index contributed by atoms with van der Waals surface area (Å²) in [5.41, 5.74) is 2.73. The van der Waals surface area contributed by atoms with Crippen molar-refractivity contribution in [2.75, 3.05) is 13.9 Å². The number of aromatic nitrogens is 1. The van der Waals surface area contributed by atoms with E-state index in [-0.39, 0.29) is 12.7 Å². The van der Waals surface area contributed by atoms with Gasteiger partial charge < -0.3 is 19.0 Å². The van der Waals surface area contributed by atoms with Gasteiger partial charge in [-0.3, -0.25) is 0 Å². The van der Waals surface area contributed by atoms with Crippen LogP contribution in [0, 0.1) is 0 Å². The van der Waals surface area contributed by atoms with E-state index in [0.717, 1.165) is 41.8 Å². The van der Waals surface area contributed by atoms with Gasteiger partial charge in [-0.25, -0.2) is 4.98 Å². The number of nitrogens with zero attached hydrogens (tertiary/aromatic N) is 1. The maximum absolute atomic E-state index is 11.0. The normalized spacial score (nSPS) is 14.4. The van der Waals surface area contributed by atoms with E-state index in [4.69, 9.17) is 18.9 Å². The van der Waals surface area contributed by atoms with Crippen LogP contribution in [0.15, 0.2) is 65.1 Å². The van der Waals surface area contributed by atoms with Crippen LogP contribution in [-0.2, 0) is 9.47 Å². The molecule has 0 saturated heterocycles. The van der Waals surface area contributed by atoms with E-state index >= 15 is 0 Å². The second-order valence-electron chi connectivity index (χ2n) is 7.48. The van der Waals surface area contributed by atoms with Gasteiger partial charge in [-0.05, 0) is 13.3 Å². The molecule has 1 aromatic heterocycles. The molecule has 5 nitrogen and oxygen atoms in total. The van der Waals surface area contributed by atoms with Crippen molar-refractivity contribution in [3.63, 3.8) is 0 Å². The molecule has 30 heavy (non-hydrogen) atoms. The van der Waals surface area contributed by atoms with E-state index in [2.05, 4.69) is 6.92 Å². The Morgan fingerprint density at radius 2 is 1.63 bits per heavy atom. The SMILES string of the molecule is CCCCC(c1nc(-c2ccccc2)c(-c2ccccc2)o1)C(O)[C@H](C)OCOC. The Kier molecular flexibility index (Phi) is 8.20. The lowest BCUT2D eigenvalue weighted by Gasteiger charge is -2.25. The van der Waals surface area contributed by atoms with Crippen LogP contribution in [0.2, 0.25) is 0 Å². The lowest BCUT2D eigenvalue weighted by Crippen LogP contribution is -2.33. The molecular weight excluding hydrogens is 378 g/mol. The molecule has 1 heterocycles. The summed E-state index contributed by atoms with van der Waals surface area (Å²) in [6.07, 6.45) is 1.59. The predicted molar refractivity (Wildman–Crippen MR) is 118 cm³/mol. The van der Waals surface area contributed by atoms with E-state index in [1.54, 1.807) is 7.11 Å². The van der Waals surface area contributed by atoms with Crippen molar-refractivity contribution in [2.24, 2.45) is 0 Å². The van der Waals surface area contributed by atoms with Crippen LogP contribution in [0.3, 0.4) is 0 Å². The van der Waals surface area contributed by atoms with Crippen LogP contribution in [-0.4, -0.2) is 36.2 Å². The monoisotopic (exact) mass is 409 g/mol. The van der Waals surface area contributed by atoms with Gasteiger partial charge in [0, 0.05) is 18.2 Å². The zero-order chi connectivity index (χ0) is 21.3. The summed E-state index contributed by atoms with van der Waals surface area (Å²) < 4.78 is 16.9. The van der Waals surface area contributed by atoms with Crippen molar-refractivity contribution in [3.8, 4) is 22.6 Å². The number of unbranched alkanes of at least 4 members (excludes halogenated alkanes) is 1. The molecule has 1 N–H and O–H groups in total. The molecule has 0 amide bonds. The molecule has 0 saturated carbocycles. The lowest BCUT2D eigenvalue weighted by molar-refractivity contribution is -0.112. The zero-order valence-corrected chi connectivity index (χ0v) is 18.0. The van der Waals surface area contributed by atoms with Gasteiger partial charge in [-0.15, -0.1) is 0 Å². The standard InChI is InChI=1S/C25H31NO4/c1-4-5-16-21(23(27)18(2)29-17-28-3)25-26-22(19-12-8-6-9-13-19)24(30-25)20-14-10-7-11-15-20/h6-15,18,21,23,27H,4-5,16-17H2,1-3H3/t18-,21?,23?/m0/s1. The fraction of sp³-hybridized carbons (Fsp3) is 0.400. The van der Waals surface area contributed by atoms with Crippen LogP contribution >= 0.6 is 0 Å². The van der Waals surface area contributed by atoms with Crippen LogP contribution < -0.4 is 0 Å². The first-order chi connectivity index (χ1) is 14.7. The number of aliphatic hydroxyl groups excluding tert-OH is 1. The Labute approximate surface area is 178 Å². The maximum atomic E-state index is 11.0. The van der Waals surface area contributed by atoms with Gasteiger partial charge >= 0.3 is 0 Å². The number of oxazole rings is 1. The second-order valence-corrected chi connectivity index (χ2v) is 7.48. The highest BCUT2D eigenvalue weighted by Crippen LogP contribution is 2.37. The van der Waals surface area contributed by atoms with Crippen molar-refractivity contribution in [2.45, 2.75) is 51.2 Å². The number of aliphatic hydroxyl groups is 1. The van der Waals surface area contributed by atoms with Gasteiger partial charge in [0.25, 0.3) is 0 Å². The highest BCUT2D eigenvalue weighted by Gasteiger charge is 2.32. The summed E-state index contributed by atoms with van der Waals surface area (Å²) in [6, 6.07) is 20.0. The highest BCUT2D eigenvalue weighted by molar-refractivity contribution is 5.76. The molecule has 2 unspecified atom stereocenters. The minimum Gasteiger partial charge on any atom is -0.440 e. The molecule has 0 aliphatic carbocycles. The van der Waals surface area contributed by atoms with E-state index in [0.29, 0.717) is 5.89 Å². The average Bonchev–Trinajstić information content (AvgIpc) is 3.24. The van der Waals surface area contributed by atoms with Crippen molar-refractivity contribution in [1.29, 1.82) is 0 Å². The molecule has 160 valence electrons. The molecule has 3 atom stereocenters. The molecule has 5 heteroatoms. The van der Waals surface area contributed by atoms with Gasteiger partial charge in [0.2, 0.25) is 5.89 Å². The van der Waals surface area contributed by atoms with Gasteiger partial charge in [0.15, 0.2) is 5.76 Å². The Bertz CT molecular complexity index is 822. The zero-order valence-electron chi connectivity index (χ0n) is 18.0. The Hall–Kier alpha value is -2.47. The molecule has 3 rings (SSSR count). The van der Waals surface area contributed by atoms with E-state index in [1.165, 1.54) is 0 Å². The number of methoxy groups -OCH3 is 1.